The van der Waals surface area contributed by atoms with Crippen molar-refractivity contribution in [2.45, 2.75) is 30.1 Å². The fraction of sp³-hybridized carbons (Fsp3) is 0.188. The molecule has 0 bridgehead atoms. The van der Waals surface area contributed by atoms with Gasteiger partial charge in [-0.2, -0.15) is 0 Å². The number of aryl methyl sites for hydroxylation is 1. The maximum atomic E-state index is 11.6. The summed E-state index contributed by atoms with van der Waals surface area (Å²) in [7, 11) is 0. The molecular formula is C16H17NOS. The van der Waals surface area contributed by atoms with E-state index in [-0.39, 0.29) is 5.91 Å². The molecule has 1 N–H and O–H groups in total. The van der Waals surface area contributed by atoms with E-state index in [9.17, 15) is 4.79 Å². The fourth-order valence-corrected chi connectivity index (χ4v) is 2.69. The van der Waals surface area contributed by atoms with E-state index in [1.54, 1.807) is 11.8 Å². The Morgan fingerprint density at radius 1 is 1.16 bits per heavy atom. The third-order valence-electron chi connectivity index (χ3n) is 2.70. The minimum absolute atomic E-state index is 0.0405. The molecule has 0 fully saturated rings. The van der Waals surface area contributed by atoms with Gasteiger partial charge in [0.05, 0.1) is 5.69 Å². The van der Waals surface area contributed by atoms with E-state index in [1.807, 2.05) is 37.3 Å². The highest BCUT2D eigenvalue weighted by molar-refractivity contribution is 7.99. The summed E-state index contributed by atoms with van der Waals surface area (Å²) in [6.07, 6.45) is 0.489. The summed E-state index contributed by atoms with van der Waals surface area (Å²) in [4.78, 5) is 13.8. The lowest BCUT2D eigenvalue weighted by Gasteiger charge is -2.11. The molecule has 0 heterocycles. The second-order valence-corrected chi connectivity index (χ2v) is 5.43. The molecule has 0 aliphatic rings. The molecule has 2 nitrogen and oxygen atoms in total. The average Bonchev–Trinajstić information content (AvgIpc) is 2.43. The third-order valence-corrected chi connectivity index (χ3v) is 3.77. The van der Waals surface area contributed by atoms with E-state index in [1.165, 1.54) is 10.5 Å². The molecule has 1 amide bonds. The smallest absolute Gasteiger partial charge is 0.224 e. The predicted molar refractivity (Wildman–Crippen MR) is 80.7 cm³/mol. The van der Waals surface area contributed by atoms with Crippen LogP contribution in [0.1, 0.15) is 18.9 Å². The molecule has 0 aromatic heterocycles. The van der Waals surface area contributed by atoms with Crippen LogP contribution in [0.25, 0.3) is 0 Å². The molecule has 0 aliphatic carbocycles. The minimum atomic E-state index is 0.0405. The summed E-state index contributed by atoms with van der Waals surface area (Å²) in [6, 6.07) is 16.2. The van der Waals surface area contributed by atoms with Gasteiger partial charge in [0.25, 0.3) is 0 Å². The SMILES string of the molecule is CCC(=O)Nc1ccc(C)cc1Sc1ccccc1. The van der Waals surface area contributed by atoms with Gasteiger partial charge in [-0.25, -0.2) is 0 Å². The van der Waals surface area contributed by atoms with Crippen LogP contribution in [0.15, 0.2) is 58.3 Å². The predicted octanol–water partition coefficient (Wildman–Crippen LogP) is 4.49. The van der Waals surface area contributed by atoms with Gasteiger partial charge in [0, 0.05) is 16.2 Å². The molecule has 0 atom stereocenters. The quantitative estimate of drug-likeness (QED) is 0.887. The molecular weight excluding hydrogens is 254 g/mol. The summed E-state index contributed by atoms with van der Waals surface area (Å²) in [6.45, 7) is 3.91. The topological polar surface area (TPSA) is 29.1 Å². The summed E-state index contributed by atoms with van der Waals surface area (Å²) in [5, 5.41) is 2.95. The lowest BCUT2D eigenvalue weighted by Crippen LogP contribution is -2.10. The first kappa shape index (κ1) is 13.7. The third kappa shape index (κ3) is 3.86. The second kappa shape index (κ2) is 6.43. The molecule has 98 valence electrons. The maximum absolute atomic E-state index is 11.6. The summed E-state index contributed by atoms with van der Waals surface area (Å²) < 4.78 is 0. The monoisotopic (exact) mass is 271 g/mol. The van der Waals surface area contributed by atoms with Crippen LogP contribution < -0.4 is 5.32 Å². The van der Waals surface area contributed by atoms with Crippen LogP contribution in [-0.2, 0) is 4.79 Å². The first-order chi connectivity index (χ1) is 9.19. The zero-order valence-electron chi connectivity index (χ0n) is 11.1. The number of carbonyl (C=O) groups is 1. The Balaban J connectivity index is 2.27. The Hall–Kier alpha value is -1.74. The van der Waals surface area contributed by atoms with Crippen molar-refractivity contribution in [2.24, 2.45) is 0 Å². The fourth-order valence-electron chi connectivity index (χ4n) is 1.67. The van der Waals surface area contributed by atoms with E-state index < -0.39 is 0 Å². The van der Waals surface area contributed by atoms with Gasteiger partial charge >= 0.3 is 0 Å². The number of nitrogens with one attached hydrogen (secondary N) is 1. The Morgan fingerprint density at radius 3 is 2.58 bits per heavy atom. The molecule has 0 aliphatic heterocycles. The Morgan fingerprint density at radius 2 is 1.89 bits per heavy atom. The minimum Gasteiger partial charge on any atom is -0.325 e. The molecule has 2 aromatic carbocycles. The van der Waals surface area contributed by atoms with Gasteiger partial charge in [0.1, 0.15) is 0 Å². The second-order valence-electron chi connectivity index (χ2n) is 4.32. The highest BCUT2D eigenvalue weighted by atomic mass is 32.2. The van der Waals surface area contributed by atoms with Gasteiger partial charge in [-0.05, 0) is 36.8 Å². The van der Waals surface area contributed by atoms with E-state index in [2.05, 4.69) is 30.4 Å². The Kier molecular flexibility index (Phi) is 4.63. The van der Waals surface area contributed by atoms with Crippen LogP contribution in [0.2, 0.25) is 0 Å². The van der Waals surface area contributed by atoms with Crippen molar-refractivity contribution in [3.05, 3.63) is 54.1 Å². The van der Waals surface area contributed by atoms with Gasteiger partial charge in [-0.3, -0.25) is 4.79 Å². The normalized spacial score (nSPS) is 10.2. The maximum Gasteiger partial charge on any atom is 0.224 e. The molecule has 0 spiro atoms. The average molecular weight is 271 g/mol. The molecule has 0 saturated heterocycles. The Labute approximate surface area is 118 Å². The van der Waals surface area contributed by atoms with E-state index in [4.69, 9.17) is 0 Å². The molecule has 19 heavy (non-hydrogen) atoms. The molecule has 0 saturated carbocycles. The number of hydrogen-bond acceptors (Lipinski definition) is 2. The van der Waals surface area contributed by atoms with Crippen molar-refractivity contribution in [3.63, 3.8) is 0 Å². The van der Waals surface area contributed by atoms with E-state index >= 15 is 0 Å². The number of benzene rings is 2. The van der Waals surface area contributed by atoms with Crippen LogP contribution in [0.4, 0.5) is 5.69 Å². The molecule has 0 unspecified atom stereocenters. The van der Waals surface area contributed by atoms with Crippen molar-refractivity contribution in [2.75, 3.05) is 5.32 Å². The lowest BCUT2D eigenvalue weighted by atomic mass is 10.2. The van der Waals surface area contributed by atoms with Crippen molar-refractivity contribution in [1.82, 2.24) is 0 Å². The zero-order valence-corrected chi connectivity index (χ0v) is 12.0. The van der Waals surface area contributed by atoms with Crippen LogP contribution >= 0.6 is 11.8 Å². The van der Waals surface area contributed by atoms with Crippen LogP contribution in [-0.4, -0.2) is 5.91 Å². The number of carbonyl (C=O) groups excluding carboxylic acids is 1. The number of rotatable bonds is 4. The first-order valence-electron chi connectivity index (χ1n) is 6.32. The van der Waals surface area contributed by atoms with Gasteiger partial charge in [0.2, 0.25) is 5.91 Å². The summed E-state index contributed by atoms with van der Waals surface area (Å²) in [5.74, 6) is 0.0405. The highest BCUT2D eigenvalue weighted by Gasteiger charge is 2.07. The van der Waals surface area contributed by atoms with Gasteiger partial charge < -0.3 is 5.32 Å². The highest BCUT2D eigenvalue weighted by Crippen LogP contribution is 2.34. The van der Waals surface area contributed by atoms with Crippen molar-refractivity contribution < 1.29 is 4.79 Å². The Bertz CT molecular complexity index is 566. The first-order valence-corrected chi connectivity index (χ1v) is 7.14. The summed E-state index contributed by atoms with van der Waals surface area (Å²) >= 11 is 1.67. The zero-order chi connectivity index (χ0) is 13.7. The van der Waals surface area contributed by atoms with Crippen LogP contribution in [0, 0.1) is 6.92 Å². The van der Waals surface area contributed by atoms with Gasteiger partial charge in [-0.15, -0.1) is 0 Å². The summed E-state index contributed by atoms with van der Waals surface area (Å²) in [5.41, 5.74) is 2.07. The lowest BCUT2D eigenvalue weighted by molar-refractivity contribution is -0.115. The molecule has 2 aromatic rings. The van der Waals surface area contributed by atoms with Crippen LogP contribution in [0.5, 0.6) is 0 Å². The number of amides is 1. The standard InChI is InChI=1S/C16H17NOS/c1-3-16(18)17-14-10-9-12(2)11-15(14)19-13-7-5-4-6-8-13/h4-11H,3H2,1-2H3,(H,17,18). The van der Waals surface area contributed by atoms with Gasteiger partial charge in [-0.1, -0.05) is 43.0 Å². The molecule has 0 radical (unpaired) electrons. The van der Waals surface area contributed by atoms with Crippen LogP contribution in [0.3, 0.4) is 0 Å². The van der Waals surface area contributed by atoms with Crippen molar-refractivity contribution in [3.8, 4) is 0 Å². The van der Waals surface area contributed by atoms with Gasteiger partial charge in [0.15, 0.2) is 0 Å². The van der Waals surface area contributed by atoms with E-state index in [0.29, 0.717) is 6.42 Å². The number of anilines is 1. The largest absolute Gasteiger partial charge is 0.325 e. The van der Waals surface area contributed by atoms with Crippen molar-refractivity contribution in [1.29, 1.82) is 0 Å². The van der Waals surface area contributed by atoms with Crippen molar-refractivity contribution >= 4 is 23.4 Å². The molecule has 2 rings (SSSR count). The number of hydrogen-bond donors (Lipinski definition) is 1. The molecule has 3 heteroatoms. The van der Waals surface area contributed by atoms with E-state index in [0.717, 1.165) is 10.6 Å².